The van der Waals surface area contributed by atoms with Crippen molar-refractivity contribution in [3.63, 3.8) is 0 Å². The number of nitrogens with zero attached hydrogens (tertiary/aromatic N) is 2. The highest BCUT2D eigenvalue weighted by molar-refractivity contribution is 6.03. The zero-order valence-electron chi connectivity index (χ0n) is 14.6. The maximum atomic E-state index is 12.3. The van der Waals surface area contributed by atoms with E-state index < -0.39 is 0 Å². The molecule has 0 unspecified atom stereocenters. The number of aryl methyl sites for hydroxylation is 1. The standard InChI is InChI=1S/C21H22N2O2/c1-16-5-10-18(11-6-16)22(2)20(24)14-9-17-7-12-19(13-8-17)23-15-3-4-21(23)25/h5-14H,3-4,15H2,1-2H3. The van der Waals surface area contributed by atoms with Crippen LogP contribution in [0.1, 0.15) is 24.0 Å². The summed E-state index contributed by atoms with van der Waals surface area (Å²) in [7, 11) is 1.76. The van der Waals surface area contributed by atoms with Gasteiger partial charge in [0.25, 0.3) is 5.91 Å². The number of amides is 2. The zero-order valence-corrected chi connectivity index (χ0v) is 14.6. The molecule has 128 valence electrons. The number of anilines is 2. The third-order valence-corrected chi connectivity index (χ3v) is 4.45. The average molecular weight is 334 g/mol. The van der Waals surface area contributed by atoms with Crippen LogP contribution in [0.15, 0.2) is 54.6 Å². The molecule has 4 heteroatoms. The van der Waals surface area contributed by atoms with E-state index in [-0.39, 0.29) is 11.8 Å². The van der Waals surface area contributed by atoms with Crippen LogP contribution >= 0.6 is 0 Å². The van der Waals surface area contributed by atoms with E-state index in [9.17, 15) is 9.59 Å². The molecule has 2 aromatic rings. The first kappa shape index (κ1) is 17.0. The fourth-order valence-corrected chi connectivity index (χ4v) is 2.86. The molecular formula is C21H22N2O2. The Balaban J connectivity index is 1.65. The minimum absolute atomic E-state index is 0.0809. The Labute approximate surface area is 148 Å². The van der Waals surface area contributed by atoms with Crippen molar-refractivity contribution in [2.75, 3.05) is 23.4 Å². The van der Waals surface area contributed by atoms with Crippen LogP contribution in [0.3, 0.4) is 0 Å². The lowest BCUT2D eigenvalue weighted by Crippen LogP contribution is -2.23. The van der Waals surface area contributed by atoms with Gasteiger partial charge in [-0.3, -0.25) is 9.59 Å². The molecule has 0 radical (unpaired) electrons. The second-order valence-electron chi connectivity index (χ2n) is 6.31. The molecule has 0 bridgehead atoms. The van der Waals surface area contributed by atoms with E-state index in [1.165, 1.54) is 0 Å². The second-order valence-corrected chi connectivity index (χ2v) is 6.31. The Bertz CT molecular complexity index is 792. The molecule has 2 aromatic carbocycles. The number of carbonyl (C=O) groups excluding carboxylic acids is 2. The first-order valence-corrected chi connectivity index (χ1v) is 8.47. The van der Waals surface area contributed by atoms with Gasteiger partial charge in [0.15, 0.2) is 0 Å². The van der Waals surface area contributed by atoms with Gasteiger partial charge < -0.3 is 9.80 Å². The predicted molar refractivity (Wildman–Crippen MR) is 102 cm³/mol. The van der Waals surface area contributed by atoms with Gasteiger partial charge in [-0.15, -0.1) is 0 Å². The van der Waals surface area contributed by atoms with Crippen molar-refractivity contribution in [2.45, 2.75) is 19.8 Å². The molecule has 0 saturated carbocycles. The quantitative estimate of drug-likeness (QED) is 0.798. The van der Waals surface area contributed by atoms with Gasteiger partial charge in [-0.05, 0) is 49.2 Å². The summed E-state index contributed by atoms with van der Waals surface area (Å²) in [5.74, 6) is 0.0980. The zero-order chi connectivity index (χ0) is 17.8. The normalized spacial score (nSPS) is 14.3. The molecule has 0 aliphatic carbocycles. The van der Waals surface area contributed by atoms with Gasteiger partial charge in [0.1, 0.15) is 0 Å². The summed E-state index contributed by atoms with van der Waals surface area (Å²) in [6.45, 7) is 2.80. The SMILES string of the molecule is Cc1ccc(N(C)C(=O)C=Cc2ccc(N3CCCC3=O)cc2)cc1. The second kappa shape index (κ2) is 7.34. The monoisotopic (exact) mass is 334 g/mol. The van der Waals surface area contributed by atoms with Gasteiger partial charge in [0.05, 0.1) is 0 Å². The molecular weight excluding hydrogens is 312 g/mol. The number of rotatable bonds is 4. The van der Waals surface area contributed by atoms with Crippen molar-refractivity contribution in [1.82, 2.24) is 0 Å². The fraction of sp³-hybridized carbons (Fsp3) is 0.238. The van der Waals surface area contributed by atoms with Crippen LogP contribution in [0, 0.1) is 6.92 Å². The maximum Gasteiger partial charge on any atom is 0.250 e. The van der Waals surface area contributed by atoms with Gasteiger partial charge in [-0.1, -0.05) is 29.8 Å². The third kappa shape index (κ3) is 3.97. The van der Waals surface area contributed by atoms with Crippen LogP contribution in [-0.2, 0) is 9.59 Å². The third-order valence-electron chi connectivity index (χ3n) is 4.45. The topological polar surface area (TPSA) is 40.6 Å². The lowest BCUT2D eigenvalue weighted by atomic mass is 10.1. The van der Waals surface area contributed by atoms with Crippen LogP contribution in [0.2, 0.25) is 0 Å². The Morgan fingerprint density at radius 3 is 2.36 bits per heavy atom. The molecule has 0 N–H and O–H groups in total. The Hall–Kier alpha value is -2.88. The van der Waals surface area contributed by atoms with E-state index in [1.54, 1.807) is 24.1 Å². The molecule has 25 heavy (non-hydrogen) atoms. The van der Waals surface area contributed by atoms with Crippen molar-refractivity contribution in [1.29, 1.82) is 0 Å². The summed E-state index contributed by atoms with van der Waals surface area (Å²) >= 11 is 0. The Morgan fingerprint density at radius 1 is 1.08 bits per heavy atom. The number of hydrogen-bond acceptors (Lipinski definition) is 2. The predicted octanol–water partition coefficient (Wildman–Crippen LogP) is 3.80. The molecule has 1 heterocycles. The van der Waals surface area contributed by atoms with Crippen molar-refractivity contribution >= 4 is 29.3 Å². The summed E-state index contributed by atoms with van der Waals surface area (Å²) in [5.41, 5.74) is 3.88. The van der Waals surface area contributed by atoms with Gasteiger partial charge in [-0.25, -0.2) is 0 Å². The summed E-state index contributed by atoms with van der Waals surface area (Å²) in [6, 6.07) is 15.6. The Kier molecular flexibility index (Phi) is 4.98. The van der Waals surface area contributed by atoms with Gasteiger partial charge in [-0.2, -0.15) is 0 Å². The first-order chi connectivity index (χ1) is 12.0. The Morgan fingerprint density at radius 2 is 1.76 bits per heavy atom. The molecule has 0 atom stereocenters. The van der Waals surface area contributed by atoms with E-state index in [4.69, 9.17) is 0 Å². The lowest BCUT2D eigenvalue weighted by molar-refractivity contribution is -0.117. The molecule has 4 nitrogen and oxygen atoms in total. The molecule has 1 aliphatic heterocycles. The van der Waals surface area contributed by atoms with Gasteiger partial charge in [0, 0.05) is 37.5 Å². The van der Waals surface area contributed by atoms with E-state index >= 15 is 0 Å². The van der Waals surface area contributed by atoms with Crippen molar-refractivity contribution in [3.8, 4) is 0 Å². The highest BCUT2D eigenvalue weighted by Crippen LogP contribution is 2.22. The summed E-state index contributed by atoms with van der Waals surface area (Å²) in [6.07, 6.45) is 4.90. The van der Waals surface area contributed by atoms with Gasteiger partial charge in [0.2, 0.25) is 5.91 Å². The van der Waals surface area contributed by atoms with E-state index in [0.717, 1.165) is 35.5 Å². The minimum Gasteiger partial charge on any atom is -0.312 e. The average Bonchev–Trinajstić information content (AvgIpc) is 3.06. The molecule has 0 spiro atoms. The van der Waals surface area contributed by atoms with Gasteiger partial charge >= 0.3 is 0 Å². The van der Waals surface area contributed by atoms with Crippen LogP contribution in [0.4, 0.5) is 11.4 Å². The fourth-order valence-electron chi connectivity index (χ4n) is 2.86. The van der Waals surface area contributed by atoms with Crippen LogP contribution < -0.4 is 9.80 Å². The number of benzene rings is 2. The molecule has 1 fully saturated rings. The summed E-state index contributed by atoms with van der Waals surface area (Å²) < 4.78 is 0. The minimum atomic E-state index is -0.0809. The van der Waals surface area contributed by atoms with Crippen LogP contribution in [0.5, 0.6) is 0 Å². The molecule has 1 saturated heterocycles. The summed E-state index contributed by atoms with van der Waals surface area (Å²) in [5, 5.41) is 0. The highest BCUT2D eigenvalue weighted by Gasteiger charge is 2.21. The molecule has 1 aliphatic rings. The molecule has 0 aromatic heterocycles. The molecule has 3 rings (SSSR count). The van der Waals surface area contributed by atoms with E-state index in [0.29, 0.717) is 6.42 Å². The highest BCUT2D eigenvalue weighted by atomic mass is 16.2. The van der Waals surface area contributed by atoms with E-state index in [1.807, 2.05) is 60.4 Å². The van der Waals surface area contributed by atoms with Crippen LogP contribution in [0.25, 0.3) is 6.08 Å². The van der Waals surface area contributed by atoms with Crippen molar-refractivity contribution < 1.29 is 9.59 Å². The largest absolute Gasteiger partial charge is 0.312 e. The van der Waals surface area contributed by atoms with E-state index in [2.05, 4.69) is 0 Å². The number of likely N-dealkylation sites (N-methyl/N-ethyl adjacent to an activating group) is 1. The maximum absolute atomic E-state index is 12.3. The number of hydrogen-bond donors (Lipinski definition) is 0. The lowest BCUT2D eigenvalue weighted by Gasteiger charge is -2.16. The van der Waals surface area contributed by atoms with Crippen molar-refractivity contribution in [2.24, 2.45) is 0 Å². The number of carbonyl (C=O) groups is 2. The first-order valence-electron chi connectivity index (χ1n) is 8.47. The summed E-state index contributed by atoms with van der Waals surface area (Å²) in [4.78, 5) is 27.5. The van der Waals surface area contributed by atoms with Crippen LogP contribution in [-0.4, -0.2) is 25.4 Å². The van der Waals surface area contributed by atoms with Crippen molar-refractivity contribution in [3.05, 3.63) is 65.7 Å². The smallest absolute Gasteiger partial charge is 0.250 e. The molecule has 2 amide bonds.